The molecule has 0 radical (unpaired) electrons. The van der Waals surface area contributed by atoms with Crippen LogP contribution in [0.2, 0.25) is 0 Å². The quantitative estimate of drug-likeness (QED) is 0.260. The van der Waals surface area contributed by atoms with E-state index in [1.165, 1.54) is 0 Å². The molecule has 0 bridgehead atoms. The predicted octanol–water partition coefficient (Wildman–Crippen LogP) is 5.81. The lowest BCUT2D eigenvalue weighted by Crippen LogP contribution is -2.33. The Kier molecular flexibility index (Phi) is 7.59. The number of pyridine rings is 1. The summed E-state index contributed by atoms with van der Waals surface area (Å²) in [6, 6.07) is 19.9. The second-order valence-corrected chi connectivity index (χ2v) is 9.27. The number of fused-ring (bicyclic) bond motifs is 2. The van der Waals surface area contributed by atoms with Crippen molar-refractivity contribution in [2.75, 3.05) is 19.9 Å². The molecule has 3 heterocycles. The van der Waals surface area contributed by atoms with Crippen molar-refractivity contribution in [1.82, 2.24) is 14.3 Å². The normalized spacial score (nSPS) is 13.0. The molecule has 1 aliphatic rings. The third-order valence-electron chi connectivity index (χ3n) is 6.64. The largest absolute Gasteiger partial charge is 0.485 e. The van der Waals surface area contributed by atoms with Crippen LogP contribution < -0.4 is 14.2 Å². The molecule has 0 spiro atoms. The molecule has 0 aliphatic carbocycles. The summed E-state index contributed by atoms with van der Waals surface area (Å²) >= 11 is 0. The van der Waals surface area contributed by atoms with E-state index in [4.69, 9.17) is 19.2 Å². The van der Waals surface area contributed by atoms with Gasteiger partial charge in [0.15, 0.2) is 22.9 Å². The molecule has 37 heavy (non-hydrogen) atoms. The molecule has 1 unspecified atom stereocenters. The first-order chi connectivity index (χ1) is 18.2. The number of ether oxygens (including phenoxy) is 3. The first kappa shape index (κ1) is 24.7. The van der Waals surface area contributed by atoms with Gasteiger partial charge in [-0.15, -0.1) is 0 Å². The van der Waals surface area contributed by atoms with Crippen LogP contribution in [-0.2, 0) is 11.4 Å². The van der Waals surface area contributed by atoms with Crippen molar-refractivity contribution in [3.63, 3.8) is 0 Å². The number of carbonyl (C=O) groups excluding carboxylic acids is 1. The molecule has 7 nitrogen and oxygen atoms in total. The van der Waals surface area contributed by atoms with Gasteiger partial charge in [0.25, 0.3) is 0 Å². The van der Waals surface area contributed by atoms with Gasteiger partial charge in [0.05, 0.1) is 5.69 Å². The van der Waals surface area contributed by atoms with Crippen LogP contribution in [-0.4, -0.2) is 40.1 Å². The molecule has 1 atom stereocenters. The SMILES string of the molecule is CCCN(CCC)C(=O)CC(c1ccc2c(c1)OCO2)c1cnc2c(OCc3ccccc3)cccn12. The summed E-state index contributed by atoms with van der Waals surface area (Å²) in [5.74, 6) is 2.05. The number of rotatable bonds is 11. The number of benzene rings is 2. The first-order valence-electron chi connectivity index (χ1n) is 13.0. The second-order valence-electron chi connectivity index (χ2n) is 9.27. The maximum Gasteiger partial charge on any atom is 0.231 e. The summed E-state index contributed by atoms with van der Waals surface area (Å²) in [7, 11) is 0. The van der Waals surface area contributed by atoms with E-state index >= 15 is 0 Å². The fourth-order valence-corrected chi connectivity index (χ4v) is 4.84. The van der Waals surface area contributed by atoms with Crippen molar-refractivity contribution < 1.29 is 19.0 Å². The molecule has 1 amide bonds. The predicted molar refractivity (Wildman–Crippen MR) is 142 cm³/mol. The first-order valence-corrected chi connectivity index (χ1v) is 13.0. The molecule has 4 aromatic rings. The second kappa shape index (κ2) is 11.4. The van der Waals surface area contributed by atoms with Gasteiger partial charge in [0.2, 0.25) is 12.7 Å². The maximum atomic E-state index is 13.5. The minimum Gasteiger partial charge on any atom is -0.485 e. The summed E-state index contributed by atoms with van der Waals surface area (Å²) in [6.07, 6.45) is 6.03. The van der Waals surface area contributed by atoms with Crippen molar-refractivity contribution in [1.29, 1.82) is 0 Å². The Labute approximate surface area is 217 Å². The van der Waals surface area contributed by atoms with E-state index in [1.807, 2.05) is 82.4 Å². The van der Waals surface area contributed by atoms with Gasteiger partial charge in [-0.1, -0.05) is 50.2 Å². The fraction of sp³-hybridized carbons (Fsp3) is 0.333. The van der Waals surface area contributed by atoms with Crippen LogP contribution in [0.25, 0.3) is 5.65 Å². The monoisotopic (exact) mass is 499 g/mol. The van der Waals surface area contributed by atoms with Crippen molar-refractivity contribution >= 4 is 11.6 Å². The van der Waals surface area contributed by atoms with Crippen LogP contribution in [0.15, 0.2) is 73.1 Å². The highest BCUT2D eigenvalue weighted by atomic mass is 16.7. The highest BCUT2D eigenvalue weighted by molar-refractivity contribution is 5.78. The average molecular weight is 500 g/mol. The van der Waals surface area contributed by atoms with E-state index in [2.05, 4.69) is 13.8 Å². The van der Waals surface area contributed by atoms with Crippen LogP contribution >= 0.6 is 0 Å². The molecular formula is C30H33N3O4. The summed E-state index contributed by atoms with van der Waals surface area (Å²) in [5, 5.41) is 0. The van der Waals surface area contributed by atoms with Crippen LogP contribution in [0, 0.1) is 0 Å². The van der Waals surface area contributed by atoms with E-state index in [-0.39, 0.29) is 18.6 Å². The minimum atomic E-state index is -0.211. The van der Waals surface area contributed by atoms with Gasteiger partial charge in [0, 0.05) is 37.8 Å². The van der Waals surface area contributed by atoms with E-state index in [9.17, 15) is 4.79 Å². The number of hydrogen-bond donors (Lipinski definition) is 0. The summed E-state index contributed by atoms with van der Waals surface area (Å²) in [5.41, 5.74) is 3.74. The molecule has 0 saturated heterocycles. The number of hydrogen-bond acceptors (Lipinski definition) is 5. The molecule has 0 saturated carbocycles. The summed E-state index contributed by atoms with van der Waals surface area (Å²) < 4.78 is 19.4. The summed E-state index contributed by atoms with van der Waals surface area (Å²) in [4.78, 5) is 20.2. The van der Waals surface area contributed by atoms with Gasteiger partial charge >= 0.3 is 0 Å². The lowest BCUT2D eigenvalue weighted by atomic mass is 9.91. The van der Waals surface area contributed by atoms with Crippen molar-refractivity contribution in [3.05, 3.63) is 89.9 Å². The lowest BCUT2D eigenvalue weighted by molar-refractivity contribution is -0.131. The van der Waals surface area contributed by atoms with E-state index in [0.717, 1.165) is 54.1 Å². The molecule has 0 fully saturated rings. The van der Waals surface area contributed by atoms with Crippen LogP contribution in [0.3, 0.4) is 0 Å². The Morgan fingerprint density at radius 3 is 2.59 bits per heavy atom. The van der Waals surface area contributed by atoms with Gasteiger partial charge in [-0.2, -0.15) is 0 Å². The average Bonchev–Trinajstić information content (AvgIpc) is 3.58. The van der Waals surface area contributed by atoms with Crippen LogP contribution in [0.4, 0.5) is 0 Å². The molecule has 1 aliphatic heterocycles. The Morgan fingerprint density at radius 2 is 1.81 bits per heavy atom. The zero-order valence-corrected chi connectivity index (χ0v) is 21.4. The number of nitrogens with zero attached hydrogens (tertiary/aromatic N) is 3. The Bertz CT molecular complexity index is 1350. The standard InChI is InChI=1S/C30H33N3O4/c1-3-14-32(15-4-2)29(34)18-24(23-12-13-26-28(17-23)37-21-36-26)25-19-31-30-27(11-8-16-33(25)30)35-20-22-9-6-5-7-10-22/h5-13,16-17,19,24H,3-4,14-15,18,20-21H2,1-2H3. The van der Waals surface area contributed by atoms with Gasteiger partial charge in [-0.3, -0.25) is 4.79 Å². The molecule has 7 heteroatoms. The van der Waals surface area contributed by atoms with E-state index in [0.29, 0.717) is 24.5 Å². The molecule has 2 aromatic heterocycles. The third kappa shape index (κ3) is 5.40. The molecule has 2 aromatic carbocycles. The highest BCUT2D eigenvalue weighted by Gasteiger charge is 2.27. The Hall–Kier alpha value is -4.00. The lowest BCUT2D eigenvalue weighted by Gasteiger charge is -2.25. The maximum absolute atomic E-state index is 13.5. The number of imidazole rings is 1. The zero-order valence-electron chi connectivity index (χ0n) is 21.4. The smallest absolute Gasteiger partial charge is 0.231 e. The number of aromatic nitrogens is 2. The van der Waals surface area contributed by atoms with Gasteiger partial charge in [0.1, 0.15) is 6.61 Å². The van der Waals surface area contributed by atoms with E-state index < -0.39 is 0 Å². The molecule has 192 valence electrons. The third-order valence-corrected chi connectivity index (χ3v) is 6.64. The van der Waals surface area contributed by atoms with Crippen LogP contribution in [0.1, 0.15) is 55.8 Å². The minimum absolute atomic E-state index is 0.137. The van der Waals surface area contributed by atoms with Crippen LogP contribution in [0.5, 0.6) is 17.2 Å². The van der Waals surface area contributed by atoms with E-state index in [1.54, 1.807) is 0 Å². The number of amides is 1. The van der Waals surface area contributed by atoms with Crippen molar-refractivity contribution in [2.45, 2.75) is 45.6 Å². The van der Waals surface area contributed by atoms with Crippen molar-refractivity contribution in [3.8, 4) is 17.2 Å². The fourth-order valence-electron chi connectivity index (χ4n) is 4.84. The Balaban J connectivity index is 1.49. The Morgan fingerprint density at radius 1 is 1.03 bits per heavy atom. The number of carbonyl (C=O) groups is 1. The topological polar surface area (TPSA) is 65.3 Å². The van der Waals surface area contributed by atoms with Crippen molar-refractivity contribution in [2.24, 2.45) is 0 Å². The molecule has 5 rings (SSSR count). The molecular weight excluding hydrogens is 466 g/mol. The zero-order chi connectivity index (χ0) is 25.6. The van der Waals surface area contributed by atoms with Gasteiger partial charge < -0.3 is 23.5 Å². The summed E-state index contributed by atoms with van der Waals surface area (Å²) in [6.45, 7) is 6.38. The molecule has 0 N–H and O–H groups in total. The highest BCUT2D eigenvalue weighted by Crippen LogP contribution is 2.38. The van der Waals surface area contributed by atoms with Gasteiger partial charge in [-0.25, -0.2) is 4.98 Å². The van der Waals surface area contributed by atoms with Gasteiger partial charge in [-0.05, 0) is 48.2 Å².